The summed E-state index contributed by atoms with van der Waals surface area (Å²) in [5.74, 6) is 2.50. The maximum absolute atomic E-state index is 5.45. The lowest BCUT2D eigenvalue weighted by atomic mass is 10.2. The standard InChI is InChI=1S/C14H14N2O2/c1-10-5-6-13(15-7-10)16-8-11-3-2-4-12-14(11)18-9-17-12/h2-7H,8-9H2,1H3,(H,15,16). The summed E-state index contributed by atoms with van der Waals surface area (Å²) in [6, 6.07) is 9.90. The van der Waals surface area contributed by atoms with Gasteiger partial charge in [-0.1, -0.05) is 18.2 Å². The number of pyridine rings is 1. The number of fused-ring (bicyclic) bond motifs is 1. The number of para-hydroxylation sites is 1. The van der Waals surface area contributed by atoms with Crippen molar-refractivity contribution in [2.24, 2.45) is 0 Å². The van der Waals surface area contributed by atoms with Gasteiger partial charge >= 0.3 is 0 Å². The molecule has 4 heteroatoms. The van der Waals surface area contributed by atoms with Gasteiger partial charge in [-0.2, -0.15) is 0 Å². The fraction of sp³-hybridized carbons (Fsp3) is 0.214. The van der Waals surface area contributed by atoms with Crippen LogP contribution in [0.5, 0.6) is 11.5 Å². The number of hydrogen-bond acceptors (Lipinski definition) is 4. The molecule has 1 aliphatic rings. The third kappa shape index (κ3) is 2.09. The highest BCUT2D eigenvalue weighted by Crippen LogP contribution is 2.35. The highest BCUT2D eigenvalue weighted by Gasteiger charge is 2.16. The topological polar surface area (TPSA) is 43.4 Å². The molecule has 3 rings (SSSR count). The molecular weight excluding hydrogens is 228 g/mol. The summed E-state index contributed by atoms with van der Waals surface area (Å²) >= 11 is 0. The SMILES string of the molecule is Cc1ccc(NCc2cccc3c2OCO3)nc1. The average molecular weight is 242 g/mol. The lowest BCUT2D eigenvalue weighted by Gasteiger charge is -2.08. The molecule has 18 heavy (non-hydrogen) atoms. The molecule has 0 radical (unpaired) electrons. The Balaban J connectivity index is 1.74. The van der Waals surface area contributed by atoms with E-state index < -0.39 is 0 Å². The number of aromatic nitrogens is 1. The summed E-state index contributed by atoms with van der Waals surface area (Å²) in [7, 11) is 0. The molecule has 0 aliphatic carbocycles. The van der Waals surface area contributed by atoms with E-state index in [-0.39, 0.29) is 0 Å². The number of nitrogens with one attached hydrogen (secondary N) is 1. The number of benzene rings is 1. The molecule has 2 heterocycles. The monoisotopic (exact) mass is 242 g/mol. The Morgan fingerprint density at radius 3 is 3.00 bits per heavy atom. The Morgan fingerprint density at radius 1 is 1.22 bits per heavy atom. The van der Waals surface area contributed by atoms with E-state index in [1.807, 2.05) is 43.5 Å². The summed E-state index contributed by atoms with van der Waals surface area (Å²) in [6.45, 7) is 2.99. The van der Waals surface area contributed by atoms with Gasteiger partial charge in [0.15, 0.2) is 11.5 Å². The minimum Gasteiger partial charge on any atom is -0.454 e. The molecule has 0 unspecified atom stereocenters. The normalized spacial score (nSPS) is 12.5. The van der Waals surface area contributed by atoms with Gasteiger partial charge in [-0.15, -0.1) is 0 Å². The van der Waals surface area contributed by atoms with E-state index in [1.165, 1.54) is 0 Å². The van der Waals surface area contributed by atoms with E-state index >= 15 is 0 Å². The zero-order chi connectivity index (χ0) is 12.4. The first-order valence-corrected chi connectivity index (χ1v) is 5.87. The number of anilines is 1. The van der Waals surface area contributed by atoms with Crippen LogP contribution in [0.3, 0.4) is 0 Å². The number of aryl methyl sites for hydroxylation is 1. The molecule has 92 valence electrons. The zero-order valence-electron chi connectivity index (χ0n) is 10.1. The van der Waals surface area contributed by atoms with Crippen LogP contribution in [0, 0.1) is 6.92 Å². The third-order valence-corrected chi connectivity index (χ3v) is 2.85. The van der Waals surface area contributed by atoms with Crippen LogP contribution in [0.2, 0.25) is 0 Å². The van der Waals surface area contributed by atoms with E-state index in [0.29, 0.717) is 13.3 Å². The molecule has 0 spiro atoms. The van der Waals surface area contributed by atoms with E-state index in [4.69, 9.17) is 9.47 Å². The summed E-state index contributed by atoms with van der Waals surface area (Å²) in [5, 5.41) is 3.27. The predicted octanol–water partition coefficient (Wildman–Crippen LogP) is 2.73. The molecule has 0 bridgehead atoms. The molecule has 1 aromatic carbocycles. The summed E-state index contributed by atoms with van der Waals surface area (Å²) in [5.41, 5.74) is 2.23. The van der Waals surface area contributed by atoms with Crippen molar-refractivity contribution in [3.8, 4) is 11.5 Å². The van der Waals surface area contributed by atoms with Crippen LogP contribution in [-0.2, 0) is 6.54 Å². The zero-order valence-corrected chi connectivity index (χ0v) is 10.1. The van der Waals surface area contributed by atoms with Crippen LogP contribution < -0.4 is 14.8 Å². The molecule has 1 aromatic heterocycles. The van der Waals surface area contributed by atoms with Crippen molar-refractivity contribution in [3.05, 3.63) is 47.7 Å². The highest BCUT2D eigenvalue weighted by molar-refractivity contribution is 5.49. The first-order valence-electron chi connectivity index (χ1n) is 5.87. The van der Waals surface area contributed by atoms with Gasteiger partial charge in [0, 0.05) is 18.3 Å². The van der Waals surface area contributed by atoms with Crippen molar-refractivity contribution in [2.45, 2.75) is 13.5 Å². The van der Waals surface area contributed by atoms with Crippen LogP contribution in [0.1, 0.15) is 11.1 Å². The number of ether oxygens (including phenoxy) is 2. The fourth-order valence-corrected chi connectivity index (χ4v) is 1.89. The summed E-state index contributed by atoms with van der Waals surface area (Å²) in [6.07, 6.45) is 1.84. The molecule has 4 nitrogen and oxygen atoms in total. The first kappa shape index (κ1) is 10.9. The third-order valence-electron chi connectivity index (χ3n) is 2.85. The van der Waals surface area contributed by atoms with Gasteiger partial charge in [0.05, 0.1) is 0 Å². The summed E-state index contributed by atoms with van der Waals surface area (Å²) in [4.78, 5) is 4.30. The van der Waals surface area contributed by atoms with Crippen LogP contribution in [0.4, 0.5) is 5.82 Å². The van der Waals surface area contributed by atoms with E-state index in [2.05, 4.69) is 10.3 Å². The largest absolute Gasteiger partial charge is 0.454 e. The lowest BCUT2D eigenvalue weighted by molar-refractivity contribution is 0.173. The molecule has 0 saturated carbocycles. The second-order valence-corrected chi connectivity index (χ2v) is 4.23. The quantitative estimate of drug-likeness (QED) is 0.898. The van der Waals surface area contributed by atoms with Crippen molar-refractivity contribution in [1.29, 1.82) is 0 Å². The molecule has 0 fully saturated rings. The van der Waals surface area contributed by atoms with Crippen LogP contribution in [-0.4, -0.2) is 11.8 Å². The van der Waals surface area contributed by atoms with Gasteiger partial charge in [-0.3, -0.25) is 0 Å². The van der Waals surface area contributed by atoms with Gasteiger partial charge in [-0.05, 0) is 24.6 Å². The number of nitrogens with zero attached hydrogens (tertiary/aromatic N) is 1. The molecule has 1 N–H and O–H groups in total. The van der Waals surface area contributed by atoms with Crippen molar-refractivity contribution < 1.29 is 9.47 Å². The average Bonchev–Trinajstić information content (AvgIpc) is 2.87. The molecular formula is C14H14N2O2. The van der Waals surface area contributed by atoms with Crippen LogP contribution in [0.25, 0.3) is 0 Å². The Kier molecular flexibility index (Phi) is 2.76. The van der Waals surface area contributed by atoms with Crippen molar-refractivity contribution in [3.63, 3.8) is 0 Å². The smallest absolute Gasteiger partial charge is 0.231 e. The molecule has 0 atom stereocenters. The van der Waals surface area contributed by atoms with Crippen LogP contribution >= 0.6 is 0 Å². The van der Waals surface area contributed by atoms with Gasteiger partial charge < -0.3 is 14.8 Å². The molecule has 1 aliphatic heterocycles. The van der Waals surface area contributed by atoms with Crippen molar-refractivity contribution in [2.75, 3.05) is 12.1 Å². The molecule has 0 saturated heterocycles. The van der Waals surface area contributed by atoms with Gasteiger partial charge in [0.2, 0.25) is 6.79 Å². The van der Waals surface area contributed by atoms with Gasteiger partial charge in [-0.25, -0.2) is 4.98 Å². The fourth-order valence-electron chi connectivity index (χ4n) is 1.89. The molecule has 0 amide bonds. The highest BCUT2D eigenvalue weighted by atomic mass is 16.7. The van der Waals surface area contributed by atoms with E-state index in [9.17, 15) is 0 Å². The van der Waals surface area contributed by atoms with E-state index in [0.717, 1.165) is 28.4 Å². The molecule has 2 aromatic rings. The van der Waals surface area contributed by atoms with E-state index in [1.54, 1.807) is 0 Å². The van der Waals surface area contributed by atoms with Crippen LogP contribution in [0.15, 0.2) is 36.5 Å². The minimum atomic E-state index is 0.301. The second kappa shape index (κ2) is 4.56. The Bertz CT molecular complexity index is 552. The lowest BCUT2D eigenvalue weighted by Crippen LogP contribution is -2.02. The Labute approximate surface area is 106 Å². The predicted molar refractivity (Wildman–Crippen MR) is 68.9 cm³/mol. The number of hydrogen-bond donors (Lipinski definition) is 1. The summed E-state index contributed by atoms with van der Waals surface area (Å²) < 4.78 is 10.8. The Hall–Kier alpha value is -2.23. The van der Waals surface area contributed by atoms with Crippen molar-refractivity contribution in [1.82, 2.24) is 4.98 Å². The number of rotatable bonds is 3. The maximum atomic E-state index is 5.45. The van der Waals surface area contributed by atoms with Gasteiger partial charge in [0.1, 0.15) is 5.82 Å². The second-order valence-electron chi connectivity index (χ2n) is 4.23. The minimum absolute atomic E-state index is 0.301. The first-order chi connectivity index (χ1) is 8.83. The Morgan fingerprint density at radius 2 is 2.17 bits per heavy atom. The maximum Gasteiger partial charge on any atom is 0.231 e. The van der Waals surface area contributed by atoms with Crippen molar-refractivity contribution >= 4 is 5.82 Å². The van der Waals surface area contributed by atoms with Gasteiger partial charge in [0.25, 0.3) is 0 Å².